The van der Waals surface area contributed by atoms with Crippen molar-refractivity contribution in [3.8, 4) is 5.75 Å². The van der Waals surface area contributed by atoms with E-state index in [1.165, 1.54) is 0 Å². The van der Waals surface area contributed by atoms with Crippen molar-refractivity contribution in [2.75, 3.05) is 53.4 Å². The van der Waals surface area contributed by atoms with Gasteiger partial charge in [-0.1, -0.05) is 24.8 Å². The van der Waals surface area contributed by atoms with Crippen LogP contribution in [0.4, 0.5) is 0 Å². The molecular weight excluding hydrogens is 370 g/mol. The van der Waals surface area contributed by atoms with E-state index in [1.54, 1.807) is 7.05 Å². The Kier molecular flexibility index (Phi) is 13.2. The number of benzene rings is 1. The lowest BCUT2D eigenvalue weighted by atomic mass is 10.1. The molecule has 162 valence electrons. The Bertz CT molecular complexity index is 624. The molecule has 0 radical (unpaired) electrons. The maximum Gasteiger partial charge on any atom is 0.238 e. The molecule has 1 aromatic rings. The molecule has 8 nitrogen and oxygen atoms in total. The van der Waals surface area contributed by atoms with Gasteiger partial charge in [0.05, 0.1) is 12.6 Å². The van der Waals surface area contributed by atoms with Gasteiger partial charge in [-0.15, -0.1) is 0 Å². The number of amides is 1. The van der Waals surface area contributed by atoms with Gasteiger partial charge in [0.15, 0.2) is 0 Å². The fraction of sp³-hybridized carbons (Fsp3) is 0.524. The summed E-state index contributed by atoms with van der Waals surface area (Å²) in [5, 5.41) is 15.1. The molecule has 0 aliphatic carbocycles. The number of aryl methyl sites for hydroxylation is 1. The molecule has 0 aliphatic heterocycles. The third-order valence-corrected chi connectivity index (χ3v) is 4.28. The summed E-state index contributed by atoms with van der Waals surface area (Å²) >= 11 is 0. The van der Waals surface area contributed by atoms with Crippen molar-refractivity contribution in [1.82, 2.24) is 26.6 Å². The highest BCUT2D eigenvalue weighted by molar-refractivity contribution is 5.81. The van der Waals surface area contributed by atoms with E-state index in [1.807, 2.05) is 31.3 Å². The van der Waals surface area contributed by atoms with Crippen LogP contribution in [0.15, 0.2) is 36.5 Å². The van der Waals surface area contributed by atoms with Gasteiger partial charge < -0.3 is 36.1 Å². The van der Waals surface area contributed by atoms with Gasteiger partial charge >= 0.3 is 0 Å². The summed E-state index contributed by atoms with van der Waals surface area (Å²) in [7, 11) is 3.60. The Balaban J connectivity index is 2.30. The van der Waals surface area contributed by atoms with Crippen LogP contribution in [0, 0.1) is 0 Å². The van der Waals surface area contributed by atoms with Crippen LogP contribution in [0.2, 0.25) is 0 Å². The van der Waals surface area contributed by atoms with Crippen LogP contribution < -0.4 is 31.3 Å². The molecule has 1 atom stereocenters. The Labute approximate surface area is 173 Å². The van der Waals surface area contributed by atoms with Gasteiger partial charge in [0, 0.05) is 31.9 Å². The topological polar surface area (TPSA) is 104 Å². The zero-order chi connectivity index (χ0) is 21.3. The maximum absolute atomic E-state index is 12.1. The third-order valence-electron chi connectivity index (χ3n) is 4.28. The fourth-order valence-corrected chi connectivity index (χ4v) is 2.72. The van der Waals surface area contributed by atoms with Crippen molar-refractivity contribution in [3.05, 3.63) is 42.1 Å². The number of carbonyl (C=O) groups excluding carboxylic acids is 2. The summed E-state index contributed by atoms with van der Waals surface area (Å²) in [6, 6.07) is 7.73. The van der Waals surface area contributed by atoms with Gasteiger partial charge in [0.1, 0.15) is 18.6 Å². The average Bonchev–Trinajstić information content (AvgIpc) is 2.73. The van der Waals surface area contributed by atoms with E-state index >= 15 is 0 Å². The van der Waals surface area contributed by atoms with E-state index in [9.17, 15) is 9.59 Å². The van der Waals surface area contributed by atoms with Crippen LogP contribution in [0.3, 0.4) is 0 Å². The highest BCUT2D eigenvalue weighted by atomic mass is 16.5. The first kappa shape index (κ1) is 24.6. The predicted molar refractivity (Wildman–Crippen MR) is 116 cm³/mol. The first-order valence-electron chi connectivity index (χ1n) is 9.98. The normalized spacial score (nSPS) is 11.5. The maximum atomic E-state index is 12.1. The van der Waals surface area contributed by atoms with Gasteiger partial charge in [0.2, 0.25) is 5.91 Å². The van der Waals surface area contributed by atoms with Gasteiger partial charge in [-0.25, -0.2) is 0 Å². The Morgan fingerprint density at radius 2 is 2.00 bits per heavy atom. The molecule has 1 rings (SSSR count). The van der Waals surface area contributed by atoms with Gasteiger partial charge in [-0.05, 0) is 38.6 Å². The number of carbonyl (C=O) groups is 2. The summed E-state index contributed by atoms with van der Waals surface area (Å²) in [4.78, 5) is 22.4. The van der Waals surface area contributed by atoms with Crippen LogP contribution in [0.1, 0.15) is 12.0 Å². The first-order valence-corrected chi connectivity index (χ1v) is 9.98. The van der Waals surface area contributed by atoms with Crippen molar-refractivity contribution in [3.63, 3.8) is 0 Å². The van der Waals surface area contributed by atoms with Gasteiger partial charge in [-0.2, -0.15) is 0 Å². The molecule has 0 spiro atoms. The number of likely N-dealkylation sites (N-methyl/N-ethyl adjacent to an activating group) is 2. The van der Waals surface area contributed by atoms with E-state index in [-0.39, 0.29) is 18.5 Å². The Hall–Kier alpha value is -2.42. The zero-order valence-corrected chi connectivity index (χ0v) is 17.6. The fourth-order valence-electron chi connectivity index (χ4n) is 2.72. The highest BCUT2D eigenvalue weighted by Crippen LogP contribution is 2.19. The van der Waals surface area contributed by atoms with Gasteiger partial charge in [0.25, 0.3) is 0 Å². The van der Waals surface area contributed by atoms with Crippen LogP contribution in [-0.2, 0) is 16.0 Å². The van der Waals surface area contributed by atoms with Crippen LogP contribution >= 0.6 is 0 Å². The summed E-state index contributed by atoms with van der Waals surface area (Å²) in [5.41, 5.74) is 1.90. The van der Waals surface area contributed by atoms with E-state index in [4.69, 9.17) is 4.74 Å². The number of hydrogen-bond acceptors (Lipinski definition) is 7. The molecule has 0 saturated heterocycles. The molecule has 0 fully saturated rings. The second-order valence-corrected chi connectivity index (χ2v) is 6.58. The molecule has 1 unspecified atom stereocenters. The SMILES string of the molecule is C=C(CNCCOc1ccccc1CCCNC(=O)C(CNC)NC)NCC=O. The van der Waals surface area contributed by atoms with Crippen molar-refractivity contribution >= 4 is 12.2 Å². The third kappa shape index (κ3) is 10.6. The molecule has 1 amide bonds. The van der Waals surface area contributed by atoms with Crippen LogP contribution in [0.25, 0.3) is 0 Å². The molecule has 0 bridgehead atoms. The highest BCUT2D eigenvalue weighted by Gasteiger charge is 2.14. The first-order chi connectivity index (χ1) is 14.1. The second kappa shape index (κ2) is 15.5. The predicted octanol–water partition coefficient (Wildman–Crippen LogP) is -0.187. The summed E-state index contributed by atoms with van der Waals surface area (Å²) in [6.07, 6.45) is 2.47. The Morgan fingerprint density at radius 3 is 2.72 bits per heavy atom. The van der Waals surface area contributed by atoms with Crippen LogP contribution in [0.5, 0.6) is 5.75 Å². The van der Waals surface area contributed by atoms with Crippen LogP contribution in [-0.4, -0.2) is 71.7 Å². The summed E-state index contributed by atoms with van der Waals surface area (Å²) < 4.78 is 5.89. The number of ether oxygens (including phenoxy) is 1. The lowest BCUT2D eigenvalue weighted by molar-refractivity contribution is -0.122. The summed E-state index contributed by atoms with van der Waals surface area (Å²) in [6.45, 7) is 7.10. The van der Waals surface area contributed by atoms with Crippen molar-refractivity contribution in [2.45, 2.75) is 18.9 Å². The number of nitrogens with one attached hydrogen (secondary N) is 5. The molecule has 0 saturated carbocycles. The molecular formula is C21H35N5O3. The monoisotopic (exact) mass is 405 g/mol. The smallest absolute Gasteiger partial charge is 0.238 e. The number of para-hydroxylation sites is 1. The van der Waals surface area contributed by atoms with Crippen molar-refractivity contribution < 1.29 is 14.3 Å². The quantitative estimate of drug-likeness (QED) is 0.181. The van der Waals surface area contributed by atoms with E-state index < -0.39 is 0 Å². The standard InChI is InChI=1S/C21H35N5O3/c1-17(25-11-13-27)15-24-12-14-29-20-9-5-4-7-18(20)8-6-10-26-21(28)19(23-3)16-22-2/h4-5,7,9,13,19,22-25H,1,6,8,10-12,14-16H2,2-3H3,(H,26,28). The molecule has 5 N–H and O–H groups in total. The lowest BCUT2D eigenvalue weighted by Gasteiger charge is -2.16. The molecule has 0 heterocycles. The zero-order valence-electron chi connectivity index (χ0n) is 17.6. The molecule has 0 aromatic heterocycles. The summed E-state index contributed by atoms with van der Waals surface area (Å²) in [5.74, 6) is 0.864. The van der Waals surface area contributed by atoms with E-state index in [0.717, 1.165) is 36.1 Å². The van der Waals surface area contributed by atoms with E-state index in [0.29, 0.717) is 32.8 Å². The number of hydrogen-bond donors (Lipinski definition) is 5. The number of aldehydes is 1. The Morgan fingerprint density at radius 1 is 1.21 bits per heavy atom. The minimum atomic E-state index is -0.229. The second-order valence-electron chi connectivity index (χ2n) is 6.58. The van der Waals surface area contributed by atoms with Crippen molar-refractivity contribution in [2.24, 2.45) is 0 Å². The van der Waals surface area contributed by atoms with Gasteiger partial charge in [-0.3, -0.25) is 4.79 Å². The largest absolute Gasteiger partial charge is 0.492 e. The van der Waals surface area contributed by atoms with Crippen molar-refractivity contribution in [1.29, 1.82) is 0 Å². The lowest BCUT2D eigenvalue weighted by Crippen LogP contribution is -2.48. The molecule has 29 heavy (non-hydrogen) atoms. The van der Waals surface area contributed by atoms with E-state index in [2.05, 4.69) is 33.2 Å². The minimum absolute atomic E-state index is 0.00156. The average molecular weight is 406 g/mol. The number of rotatable bonds is 17. The minimum Gasteiger partial charge on any atom is -0.492 e. The molecule has 1 aromatic carbocycles. The molecule has 8 heteroatoms. The molecule has 0 aliphatic rings.